The normalized spacial score (nSPS) is 12.3. The first-order chi connectivity index (χ1) is 10.7. The van der Waals surface area contributed by atoms with Crippen LogP contribution in [0.15, 0.2) is 4.90 Å². The van der Waals surface area contributed by atoms with Gasteiger partial charge >= 0.3 is 0 Å². The molecule has 8 nitrogen and oxygen atoms in total. The van der Waals surface area contributed by atoms with Gasteiger partial charge in [-0.1, -0.05) is 6.92 Å². The Morgan fingerprint density at radius 3 is 2.35 bits per heavy atom. The first-order valence-electron chi connectivity index (χ1n) is 7.63. The van der Waals surface area contributed by atoms with Crippen LogP contribution in [0, 0.1) is 20.8 Å². The highest BCUT2D eigenvalue weighted by Crippen LogP contribution is 2.23. The van der Waals surface area contributed by atoms with E-state index in [1.807, 2.05) is 18.4 Å². The van der Waals surface area contributed by atoms with Crippen LogP contribution in [-0.4, -0.2) is 50.9 Å². The third kappa shape index (κ3) is 3.02. The van der Waals surface area contributed by atoms with Crippen molar-refractivity contribution in [2.45, 2.75) is 52.6 Å². The molecule has 2 aromatic heterocycles. The van der Waals surface area contributed by atoms with Crippen LogP contribution in [0.3, 0.4) is 0 Å². The molecule has 0 radical (unpaired) electrons. The largest absolute Gasteiger partial charge is 0.314 e. The molecule has 0 N–H and O–H groups in total. The molecular weight excluding hydrogens is 316 g/mol. The molecule has 0 bridgehead atoms. The lowest BCUT2D eigenvalue weighted by Gasteiger charge is -2.15. The van der Waals surface area contributed by atoms with Crippen molar-refractivity contribution < 1.29 is 8.42 Å². The van der Waals surface area contributed by atoms with Gasteiger partial charge in [0.15, 0.2) is 5.82 Å². The molecule has 0 aliphatic carbocycles. The van der Waals surface area contributed by atoms with Gasteiger partial charge in [0, 0.05) is 20.1 Å². The fraction of sp³-hybridized carbons (Fsp3) is 0.643. The number of rotatable bonds is 6. The summed E-state index contributed by atoms with van der Waals surface area (Å²) in [5.41, 5.74) is 1.12. The van der Waals surface area contributed by atoms with Gasteiger partial charge in [-0.15, -0.1) is 10.2 Å². The van der Waals surface area contributed by atoms with E-state index < -0.39 is 10.0 Å². The molecule has 0 amide bonds. The number of aryl methyl sites for hydroxylation is 2. The van der Waals surface area contributed by atoms with Gasteiger partial charge in [-0.25, -0.2) is 12.7 Å². The average molecular weight is 340 g/mol. The van der Waals surface area contributed by atoms with E-state index in [1.165, 1.54) is 4.31 Å². The molecule has 2 aromatic rings. The molecule has 23 heavy (non-hydrogen) atoms. The Hall–Kier alpha value is -1.74. The molecule has 0 spiro atoms. The third-order valence-electron chi connectivity index (χ3n) is 4.05. The van der Waals surface area contributed by atoms with Crippen molar-refractivity contribution in [1.29, 1.82) is 0 Å². The van der Waals surface area contributed by atoms with Gasteiger partial charge in [0.05, 0.1) is 11.4 Å². The molecule has 0 saturated heterocycles. The quantitative estimate of drug-likeness (QED) is 0.786. The smallest absolute Gasteiger partial charge is 0.246 e. The van der Waals surface area contributed by atoms with Crippen molar-refractivity contribution in [1.82, 2.24) is 28.9 Å². The van der Waals surface area contributed by atoms with Gasteiger partial charge in [0.1, 0.15) is 17.3 Å². The van der Waals surface area contributed by atoms with Crippen LogP contribution < -0.4 is 0 Å². The van der Waals surface area contributed by atoms with Crippen molar-refractivity contribution in [2.24, 2.45) is 0 Å². The first-order valence-corrected chi connectivity index (χ1v) is 9.07. The highest BCUT2D eigenvalue weighted by Gasteiger charge is 2.28. The molecule has 0 saturated carbocycles. The maximum atomic E-state index is 12.6. The van der Waals surface area contributed by atoms with E-state index >= 15 is 0 Å². The van der Waals surface area contributed by atoms with Crippen molar-refractivity contribution in [2.75, 3.05) is 13.6 Å². The molecule has 9 heteroatoms. The van der Waals surface area contributed by atoms with E-state index in [2.05, 4.69) is 15.3 Å². The highest BCUT2D eigenvalue weighted by atomic mass is 32.2. The summed E-state index contributed by atoms with van der Waals surface area (Å²) in [6.45, 7) is 10.8. The Balaban J connectivity index is 2.46. The summed E-state index contributed by atoms with van der Waals surface area (Å²) in [5.74, 6) is 1.60. The van der Waals surface area contributed by atoms with Gasteiger partial charge < -0.3 is 4.57 Å². The van der Waals surface area contributed by atoms with Crippen LogP contribution in [0.4, 0.5) is 0 Å². The van der Waals surface area contributed by atoms with Crippen LogP contribution in [0.5, 0.6) is 0 Å². The summed E-state index contributed by atoms with van der Waals surface area (Å²) in [5, 5.41) is 12.6. The molecule has 2 heterocycles. The Morgan fingerprint density at radius 2 is 1.78 bits per heavy atom. The highest BCUT2D eigenvalue weighted by molar-refractivity contribution is 7.89. The Kier molecular flexibility index (Phi) is 4.90. The van der Waals surface area contributed by atoms with Crippen molar-refractivity contribution in [3.05, 3.63) is 23.0 Å². The van der Waals surface area contributed by atoms with Crippen LogP contribution in [0.2, 0.25) is 0 Å². The van der Waals surface area contributed by atoms with Crippen LogP contribution in [0.1, 0.15) is 36.9 Å². The number of aromatic nitrogens is 5. The summed E-state index contributed by atoms with van der Waals surface area (Å²) in [6, 6.07) is 0. The summed E-state index contributed by atoms with van der Waals surface area (Å²) in [7, 11) is -1.95. The lowest BCUT2D eigenvalue weighted by molar-refractivity contribution is 0.485. The van der Waals surface area contributed by atoms with Crippen LogP contribution in [0.25, 0.3) is 0 Å². The van der Waals surface area contributed by atoms with E-state index in [4.69, 9.17) is 0 Å². The Bertz CT molecular complexity index is 806. The summed E-state index contributed by atoms with van der Waals surface area (Å²) < 4.78 is 30.3. The van der Waals surface area contributed by atoms with Gasteiger partial charge in [0.25, 0.3) is 0 Å². The van der Waals surface area contributed by atoms with Gasteiger partial charge in [0.2, 0.25) is 10.0 Å². The predicted molar refractivity (Wildman–Crippen MR) is 86.7 cm³/mol. The summed E-state index contributed by atoms with van der Waals surface area (Å²) >= 11 is 0. The van der Waals surface area contributed by atoms with Crippen molar-refractivity contribution in [3.8, 4) is 0 Å². The van der Waals surface area contributed by atoms with Gasteiger partial charge in [-0.2, -0.15) is 5.10 Å². The van der Waals surface area contributed by atoms with Crippen LogP contribution >= 0.6 is 0 Å². The molecule has 0 atom stereocenters. The standard InChI is InChI=1S/C14H24N6O2S/c1-7-18(6)23(21,22)14-10(3)17-20(11(14)4)9-13-16-15-12(5)19(13)8-2/h7-9H2,1-6H3. The zero-order chi connectivity index (χ0) is 17.4. The molecule has 0 aromatic carbocycles. The molecular formula is C14H24N6O2S. The molecule has 0 unspecified atom stereocenters. The topological polar surface area (TPSA) is 85.9 Å². The number of hydrogen-bond donors (Lipinski definition) is 0. The van der Waals surface area contributed by atoms with E-state index in [0.717, 1.165) is 18.2 Å². The van der Waals surface area contributed by atoms with E-state index in [0.29, 0.717) is 24.5 Å². The maximum Gasteiger partial charge on any atom is 0.246 e. The second-order valence-corrected chi connectivity index (χ2v) is 7.47. The monoisotopic (exact) mass is 340 g/mol. The zero-order valence-corrected chi connectivity index (χ0v) is 15.3. The minimum absolute atomic E-state index is 0.279. The molecule has 128 valence electrons. The van der Waals surface area contributed by atoms with Gasteiger partial charge in [-0.3, -0.25) is 4.68 Å². The number of sulfonamides is 1. The van der Waals surface area contributed by atoms with Crippen LogP contribution in [-0.2, 0) is 23.1 Å². The lowest BCUT2D eigenvalue weighted by atomic mass is 10.4. The van der Waals surface area contributed by atoms with Crippen molar-refractivity contribution >= 4 is 10.0 Å². The second kappa shape index (κ2) is 6.40. The SMILES string of the molecule is CCN(C)S(=O)(=O)c1c(C)nn(Cc2nnc(C)n2CC)c1C. The molecule has 0 aliphatic heterocycles. The summed E-state index contributed by atoms with van der Waals surface area (Å²) in [4.78, 5) is 0.279. The zero-order valence-electron chi connectivity index (χ0n) is 14.5. The van der Waals surface area contributed by atoms with E-state index in [1.54, 1.807) is 32.5 Å². The van der Waals surface area contributed by atoms with Crippen molar-refractivity contribution in [3.63, 3.8) is 0 Å². The fourth-order valence-electron chi connectivity index (χ4n) is 2.62. The van der Waals surface area contributed by atoms with Gasteiger partial charge in [-0.05, 0) is 27.7 Å². The summed E-state index contributed by atoms with van der Waals surface area (Å²) in [6.07, 6.45) is 0. The van der Waals surface area contributed by atoms with E-state index in [-0.39, 0.29) is 4.90 Å². The Labute approximate surface area is 137 Å². The minimum atomic E-state index is -3.53. The first kappa shape index (κ1) is 17.6. The second-order valence-electron chi connectivity index (χ2n) is 5.48. The predicted octanol–water partition coefficient (Wildman–Crippen LogP) is 1.11. The maximum absolute atomic E-state index is 12.6. The fourth-order valence-corrected chi connectivity index (χ4v) is 4.17. The third-order valence-corrected chi connectivity index (χ3v) is 6.23. The lowest BCUT2D eigenvalue weighted by Crippen LogP contribution is -2.27. The Morgan fingerprint density at radius 1 is 1.13 bits per heavy atom. The number of nitrogens with zero attached hydrogens (tertiary/aromatic N) is 6. The van der Waals surface area contributed by atoms with E-state index in [9.17, 15) is 8.42 Å². The number of hydrogen-bond acceptors (Lipinski definition) is 5. The molecule has 2 rings (SSSR count). The molecule has 0 fully saturated rings. The molecule has 0 aliphatic rings. The minimum Gasteiger partial charge on any atom is -0.314 e. The average Bonchev–Trinajstić information content (AvgIpc) is 2.98.